The van der Waals surface area contributed by atoms with Gasteiger partial charge in [0.05, 0.1) is 12.7 Å². The minimum absolute atomic E-state index is 0.0279. The number of rotatable bonds is 7. The first-order chi connectivity index (χ1) is 9.47. The fraction of sp³-hybridized carbons (Fsp3) is 0.308. The van der Waals surface area contributed by atoms with Gasteiger partial charge >= 0.3 is 11.9 Å². The molecule has 1 aromatic carbocycles. The number of carbonyl (C=O) groups excluding carboxylic acids is 2. The number of nitrogens with one attached hydrogen (secondary N) is 1. The summed E-state index contributed by atoms with van der Waals surface area (Å²) >= 11 is 0. The van der Waals surface area contributed by atoms with E-state index in [1.165, 1.54) is 7.11 Å². The van der Waals surface area contributed by atoms with Crippen molar-refractivity contribution >= 4 is 23.5 Å². The maximum absolute atomic E-state index is 11.5. The van der Waals surface area contributed by atoms with E-state index in [2.05, 4.69) is 10.1 Å². The van der Waals surface area contributed by atoms with E-state index in [9.17, 15) is 14.4 Å². The van der Waals surface area contributed by atoms with Crippen LogP contribution in [0.3, 0.4) is 0 Å². The predicted molar refractivity (Wildman–Crippen MR) is 71.2 cm³/mol. The molecule has 1 amide bonds. The van der Waals surface area contributed by atoms with Crippen LogP contribution >= 0.6 is 0 Å². The molecule has 1 aromatic rings. The molecule has 1 atom stereocenters. The maximum Gasteiger partial charge on any atom is 0.339 e. The fourth-order valence-corrected chi connectivity index (χ4v) is 1.66. The Morgan fingerprint density at radius 2 is 2.00 bits per heavy atom. The molecule has 0 aliphatic rings. The van der Waals surface area contributed by atoms with Crippen LogP contribution < -0.4 is 11.1 Å². The van der Waals surface area contributed by atoms with Crippen molar-refractivity contribution in [3.63, 3.8) is 0 Å². The molecule has 0 aliphatic heterocycles. The van der Waals surface area contributed by atoms with Gasteiger partial charge in [0.15, 0.2) is 0 Å². The lowest BCUT2D eigenvalue weighted by molar-refractivity contribution is -0.146. The van der Waals surface area contributed by atoms with Crippen molar-refractivity contribution < 1.29 is 24.2 Å². The van der Waals surface area contributed by atoms with E-state index in [0.29, 0.717) is 11.3 Å². The van der Waals surface area contributed by atoms with Gasteiger partial charge in [-0.1, -0.05) is 12.1 Å². The van der Waals surface area contributed by atoms with E-state index in [0.717, 1.165) is 0 Å². The highest BCUT2D eigenvalue weighted by molar-refractivity contribution is 5.96. The average molecular weight is 280 g/mol. The van der Waals surface area contributed by atoms with Gasteiger partial charge in [0, 0.05) is 12.2 Å². The first kappa shape index (κ1) is 15.5. The van der Waals surface area contributed by atoms with Crippen molar-refractivity contribution in [2.75, 3.05) is 19.0 Å². The number of hydrogen-bond donors (Lipinski definition) is 3. The lowest BCUT2D eigenvalue weighted by Crippen LogP contribution is -2.31. The van der Waals surface area contributed by atoms with Gasteiger partial charge < -0.3 is 20.9 Å². The summed E-state index contributed by atoms with van der Waals surface area (Å²) in [6.45, 7) is 0.188. The number of aliphatic carboxylic acids is 1. The number of benzene rings is 1. The van der Waals surface area contributed by atoms with Crippen LogP contribution in [0.5, 0.6) is 0 Å². The number of hydrogen-bond acceptors (Lipinski definition) is 5. The van der Waals surface area contributed by atoms with Crippen molar-refractivity contribution in [1.82, 2.24) is 0 Å². The number of carbonyl (C=O) groups is 3. The third kappa shape index (κ3) is 3.98. The topological polar surface area (TPSA) is 119 Å². The molecule has 7 nitrogen and oxygen atoms in total. The lowest BCUT2D eigenvalue weighted by Gasteiger charge is -2.12. The van der Waals surface area contributed by atoms with Gasteiger partial charge in [0.1, 0.15) is 5.92 Å². The number of carboxylic acid groups (broad SMARTS) is 1. The summed E-state index contributed by atoms with van der Waals surface area (Å²) in [6, 6.07) is 6.64. The minimum Gasteiger partial charge on any atom is -0.481 e. The smallest absolute Gasteiger partial charge is 0.339 e. The van der Waals surface area contributed by atoms with Crippen molar-refractivity contribution in [1.29, 1.82) is 0 Å². The fourth-order valence-electron chi connectivity index (χ4n) is 1.66. The number of esters is 1. The number of ether oxygens (including phenoxy) is 1. The Morgan fingerprint density at radius 3 is 2.55 bits per heavy atom. The third-order valence-electron chi connectivity index (χ3n) is 2.72. The number of anilines is 1. The molecule has 0 aromatic heterocycles. The number of primary amides is 1. The highest BCUT2D eigenvalue weighted by atomic mass is 16.5. The van der Waals surface area contributed by atoms with Crippen LogP contribution in [0, 0.1) is 5.92 Å². The molecular weight excluding hydrogens is 264 g/mol. The second kappa shape index (κ2) is 7.13. The van der Waals surface area contributed by atoms with E-state index in [1.807, 2.05) is 0 Å². The molecule has 0 heterocycles. The summed E-state index contributed by atoms with van der Waals surface area (Å²) < 4.78 is 4.63. The molecule has 7 heteroatoms. The van der Waals surface area contributed by atoms with Gasteiger partial charge in [-0.2, -0.15) is 0 Å². The SMILES string of the molecule is COC(=O)c1ccccc1NCCC(C(N)=O)C(=O)O. The first-order valence-corrected chi connectivity index (χ1v) is 5.90. The summed E-state index contributed by atoms with van der Waals surface area (Å²) in [5, 5.41) is 11.7. The maximum atomic E-state index is 11.5. The Hall–Kier alpha value is -2.57. The van der Waals surface area contributed by atoms with Gasteiger partial charge in [-0.15, -0.1) is 0 Å². The van der Waals surface area contributed by atoms with Gasteiger partial charge in [0.25, 0.3) is 0 Å². The summed E-state index contributed by atoms with van der Waals surface area (Å²) in [4.78, 5) is 33.3. The Bertz CT molecular complexity index is 501. The third-order valence-corrected chi connectivity index (χ3v) is 2.72. The number of carboxylic acids is 1. The van der Waals surface area contributed by atoms with E-state index < -0.39 is 23.8 Å². The predicted octanol–water partition coefficient (Wildman–Crippen LogP) is 0.461. The zero-order valence-corrected chi connectivity index (χ0v) is 11.0. The monoisotopic (exact) mass is 280 g/mol. The Kier molecular flexibility index (Phi) is 5.52. The normalized spacial score (nSPS) is 11.4. The van der Waals surface area contributed by atoms with Crippen molar-refractivity contribution in [2.24, 2.45) is 11.7 Å². The molecule has 0 spiro atoms. The molecule has 108 valence electrons. The molecule has 0 bridgehead atoms. The summed E-state index contributed by atoms with van der Waals surface area (Å²) in [5.74, 6) is -3.91. The largest absolute Gasteiger partial charge is 0.481 e. The number of amides is 1. The molecule has 0 fully saturated rings. The molecule has 20 heavy (non-hydrogen) atoms. The lowest BCUT2D eigenvalue weighted by atomic mass is 10.1. The van der Waals surface area contributed by atoms with E-state index in [1.54, 1.807) is 24.3 Å². The average Bonchev–Trinajstić information content (AvgIpc) is 2.42. The van der Waals surface area contributed by atoms with Crippen LogP contribution in [-0.2, 0) is 14.3 Å². The van der Waals surface area contributed by atoms with Gasteiger partial charge in [0.2, 0.25) is 5.91 Å². The van der Waals surface area contributed by atoms with E-state index in [-0.39, 0.29) is 13.0 Å². The standard InChI is InChI=1S/C13H16N2O5/c1-20-13(19)8-4-2-3-5-10(8)15-7-6-9(11(14)16)12(17)18/h2-5,9,15H,6-7H2,1H3,(H2,14,16)(H,17,18). The second-order valence-electron chi connectivity index (χ2n) is 4.05. The zero-order chi connectivity index (χ0) is 15.1. The second-order valence-corrected chi connectivity index (χ2v) is 4.05. The highest BCUT2D eigenvalue weighted by Crippen LogP contribution is 2.16. The van der Waals surface area contributed by atoms with Crippen molar-refractivity contribution in [3.05, 3.63) is 29.8 Å². The Morgan fingerprint density at radius 1 is 1.35 bits per heavy atom. The minimum atomic E-state index is -1.26. The van der Waals surface area contributed by atoms with Crippen molar-refractivity contribution in [3.8, 4) is 0 Å². The quantitative estimate of drug-likeness (QED) is 0.493. The van der Waals surface area contributed by atoms with Crippen LogP contribution in [0.1, 0.15) is 16.8 Å². The van der Waals surface area contributed by atoms with E-state index >= 15 is 0 Å². The molecule has 0 radical (unpaired) electrons. The molecule has 0 aliphatic carbocycles. The number of para-hydroxylation sites is 1. The van der Waals surface area contributed by atoms with E-state index in [4.69, 9.17) is 10.8 Å². The molecule has 1 unspecified atom stereocenters. The Labute approximate surface area is 115 Å². The van der Waals surface area contributed by atoms with Gasteiger partial charge in [-0.3, -0.25) is 9.59 Å². The van der Waals surface area contributed by atoms with Crippen LogP contribution in [-0.4, -0.2) is 36.6 Å². The van der Waals surface area contributed by atoms with Crippen LogP contribution in [0.4, 0.5) is 5.69 Å². The first-order valence-electron chi connectivity index (χ1n) is 5.90. The van der Waals surface area contributed by atoms with Crippen LogP contribution in [0.25, 0.3) is 0 Å². The summed E-state index contributed by atoms with van der Waals surface area (Å²) in [6.07, 6.45) is 0.0279. The molecule has 4 N–H and O–H groups in total. The number of nitrogens with two attached hydrogens (primary N) is 1. The molecule has 1 rings (SSSR count). The van der Waals surface area contributed by atoms with Crippen LogP contribution in [0.15, 0.2) is 24.3 Å². The highest BCUT2D eigenvalue weighted by Gasteiger charge is 2.23. The zero-order valence-electron chi connectivity index (χ0n) is 11.0. The van der Waals surface area contributed by atoms with Crippen LogP contribution in [0.2, 0.25) is 0 Å². The molecule has 0 saturated heterocycles. The summed E-state index contributed by atoms with van der Waals surface area (Å²) in [7, 11) is 1.27. The molecular formula is C13H16N2O5. The van der Waals surface area contributed by atoms with Crippen molar-refractivity contribution in [2.45, 2.75) is 6.42 Å². The Balaban J connectivity index is 2.69. The van der Waals surface area contributed by atoms with Gasteiger partial charge in [-0.25, -0.2) is 4.79 Å². The van der Waals surface area contributed by atoms with Gasteiger partial charge in [-0.05, 0) is 18.6 Å². The summed E-state index contributed by atoms with van der Waals surface area (Å²) in [5.41, 5.74) is 5.84. The molecule has 0 saturated carbocycles. The number of methoxy groups -OCH3 is 1.